The molecule has 0 bridgehead atoms. The van der Waals surface area contributed by atoms with Crippen LogP contribution in [0.5, 0.6) is 0 Å². The van der Waals surface area contributed by atoms with E-state index in [1.54, 1.807) is 11.8 Å². The number of hydrogen-bond donors (Lipinski definition) is 1. The van der Waals surface area contributed by atoms with Crippen molar-refractivity contribution in [2.24, 2.45) is 0 Å². The number of anilines is 1. The number of nitrogens with zero attached hydrogens (tertiary/aromatic N) is 3. The van der Waals surface area contributed by atoms with Gasteiger partial charge in [-0.3, -0.25) is 4.79 Å². The minimum atomic E-state index is -0.479. The first kappa shape index (κ1) is 13.7. The average Bonchev–Trinajstić information content (AvgIpc) is 2.94. The van der Waals surface area contributed by atoms with Gasteiger partial charge in [-0.2, -0.15) is 0 Å². The summed E-state index contributed by atoms with van der Waals surface area (Å²) in [5, 5.41) is 2.84. The fourth-order valence-electron chi connectivity index (χ4n) is 2.23. The van der Waals surface area contributed by atoms with E-state index in [1.165, 1.54) is 6.33 Å². The quantitative estimate of drug-likeness (QED) is 0.899. The molecule has 1 amide bonds. The van der Waals surface area contributed by atoms with Crippen LogP contribution in [-0.4, -0.2) is 39.9 Å². The van der Waals surface area contributed by atoms with Crippen LogP contribution in [0.3, 0.4) is 0 Å². The predicted octanol–water partition coefficient (Wildman–Crippen LogP) is 1.60. The third-order valence-corrected chi connectivity index (χ3v) is 3.34. The molecule has 104 valence electrons. The van der Waals surface area contributed by atoms with Gasteiger partial charge in [-0.25, -0.2) is 14.4 Å². The smallest absolute Gasteiger partial charge is 0.244 e. The van der Waals surface area contributed by atoms with Gasteiger partial charge in [-0.15, -0.1) is 0 Å². The van der Waals surface area contributed by atoms with Gasteiger partial charge in [-0.05, 0) is 26.2 Å². The van der Waals surface area contributed by atoms with Crippen molar-refractivity contribution in [3.63, 3.8) is 0 Å². The van der Waals surface area contributed by atoms with Gasteiger partial charge in [0.25, 0.3) is 0 Å². The molecule has 0 spiro atoms. The Morgan fingerprint density at radius 2 is 2.16 bits per heavy atom. The van der Waals surface area contributed by atoms with E-state index in [9.17, 15) is 9.18 Å². The molecule has 6 heteroatoms. The van der Waals surface area contributed by atoms with Crippen LogP contribution in [0.25, 0.3) is 0 Å². The normalized spacial score (nSPS) is 16.5. The zero-order valence-corrected chi connectivity index (χ0v) is 11.3. The van der Waals surface area contributed by atoms with Crippen molar-refractivity contribution in [2.45, 2.75) is 39.2 Å². The maximum Gasteiger partial charge on any atom is 0.244 e. The van der Waals surface area contributed by atoms with Gasteiger partial charge >= 0.3 is 0 Å². The molecule has 2 rings (SSSR count). The number of likely N-dealkylation sites (tertiary alicyclic amines) is 1. The molecule has 0 aliphatic carbocycles. The largest absolute Gasteiger partial charge is 0.356 e. The minimum absolute atomic E-state index is 0.00596. The van der Waals surface area contributed by atoms with E-state index in [0.29, 0.717) is 12.1 Å². The lowest BCUT2D eigenvalue weighted by molar-refractivity contribution is -0.130. The van der Waals surface area contributed by atoms with E-state index in [-0.39, 0.29) is 11.7 Å². The van der Waals surface area contributed by atoms with E-state index in [0.717, 1.165) is 25.9 Å². The molecule has 1 atom stereocenters. The number of hydrogen-bond acceptors (Lipinski definition) is 4. The van der Waals surface area contributed by atoms with E-state index >= 15 is 0 Å². The molecule has 0 saturated carbocycles. The SMILES string of the molecule is CCc1ncnc(NC(C)C(=O)N2CCCC2)c1F. The number of carbonyl (C=O) groups excluding carboxylic acids is 1. The molecule has 19 heavy (non-hydrogen) atoms. The first-order valence-electron chi connectivity index (χ1n) is 6.68. The summed E-state index contributed by atoms with van der Waals surface area (Å²) in [4.78, 5) is 21.6. The second kappa shape index (κ2) is 5.95. The van der Waals surface area contributed by atoms with Crippen LogP contribution in [0, 0.1) is 5.82 Å². The van der Waals surface area contributed by atoms with Gasteiger partial charge < -0.3 is 10.2 Å². The van der Waals surface area contributed by atoms with Gasteiger partial charge in [0.1, 0.15) is 12.4 Å². The van der Waals surface area contributed by atoms with Gasteiger partial charge in [-0.1, -0.05) is 6.92 Å². The Bertz CT molecular complexity index is 460. The maximum absolute atomic E-state index is 14.0. The Morgan fingerprint density at radius 1 is 1.47 bits per heavy atom. The molecule has 1 unspecified atom stereocenters. The molecule has 1 N–H and O–H groups in total. The minimum Gasteiger partial charge on any atom is -0.356 e. The summed E-state index contributed by atoms with van der Waals surface area (Å²) in [6.45, 7) is 5.14. The van der Waals surface area contributed by atoms with Crippen LogP contribution in [0.2, 0.25) is 0 Å². The van der Waals surface area contributed by atoms with Gasteiger partial charge in [0.05, 0.1) is 5.69 Å². The first-order chi connectivity index (χ1) is 9.13. The molecule has 1 saturated heterocycles. The number of aryl methyl sites for hydroxylation is 1. The number of nitrogens with one attached hydrogen (secondary N) is 1. The van der Waals surface area contributed by atoms with Crippen LogP contribution >= 0.6 is 0 Å². The molecule has 2 heterocycles. The van der Waals surface area contributed by atoms with E-state index < -0.39 is 11.9 Å². The third kappa shape index (κ3) is 3.00. The average molecular weight is 266 g/mol. The monoisotopic (exact) mass is 266 g/mol. The number of halogens is 1. The van der Waals surface area contributed by atoms with E-state index in [4.69, 9.17) is 0 Å². The van der Waals surface area contributed by atoms with Gasteiger partial charge in [0.15, 0.2) is 11.6 Å². The predicted molar refractivity (Wildman–Crippen MR) is 70.3 cm³/mol. The molecular weight excluding hydrogens is 247 g/mol. The first-order valence-corrected chi connectivity index (χ1v) is 6.68. The number of carbonyl (C=O) groups is 1. The zero-order valence-electron chi connectivity index (χ0n) is 11.3. The summed E-state index contributed by atoms with van der Waals surface area (Å²) in [5.74, 6) is -0.369. The Morgan fingerprint density at radius 3 is 2.79 bits per heavy atom. The van der Waals surface area contributed by atoms with Crippen molar-refractivity contribution < 1.29 is 9.18 Å². The summed E-state index contributed by atoms with van der Waals surface area (Å²) >= 11 is 0. The summed E-state index contributed by atoms with van der Waals surface area (Å²) in [6.07, 6.45) is 3.90. The van der Waals surface area contributed by atoms with Crippen molar-refractivity contribution in [3.05, 3.63) is 17.8 Å². The zero-order chi connectivity index (χ0) is 13.8. The fourth-order valence-corrected chi connectivity index (χ4v) is 2.23. The highest BCUT2D eigenvalue weighted by molar-refractivity contribution is 5.84. The van der Waals surface area contributed by atoms with Crippen molar-refractivity contribution in [2.75, 3.05) is 18.4 Å². The molecule has 5 nitrogen and oxygen atoms in total. The summed E-state index contributed by atoms with van der Waals surface area (Å²) in [5.41, 5.74) is 0.360. The number of amides is 1. The molecule has 1 fully saturated rings. The van der Waals surface area contributed by atoms with Crippen molar-refractivity contribution in [1.82, 2.24) is 14.9 Å². The molecule has 1 aromatic rings. The standard InChI is InChI=1S/C13H19FN4O/c1-3-10-11(14)12(16-8-15-10)17-9(2)13(19)18-6-4-5-7-18/h8-9H,3-7H2,1-2H3,(H,15,16,17). The Hall–Kier alpha value is -1.72. The highest BCUT2D eigenvalue weighted by Crippen LogP contribution is 2.16. The van der Waals surface area contributed by atoms with Crippen molar-refractivity contribution in [1.29, 1.82) is 0 Å². The van der Waals surface area contributed by atoms with Crippen molar-refractivity contribution >= 4 is 11.7 Å². The van der Waals surface area contributed by atoms with Crippen LogP contribution in [0.4, 0.5) is 10.2 Å². The Balaban J connectivity index is 2.06. The van der Waals surface area contributed by atoms with Crippen molar-refractivity contribution in [3.8, 4) is 0 Å². The Labute approximate surface area is 112 Å². The molecule has 1 aliphatic heterocycles. The lowest BCUT2D eigenvalue weighted by Crippen LogP contribution is -2.40. The maximum atomic E-state index is 14.0. The van der Waals surface area contributed by atoms with Gasteiger partial charge in [0.2, 0.25) is 5.91 Å². The lowest BCUT2D eigenvalue weighted by Gasteiger charge is -2.21. The van der Waals surface area contributed by atoms with E-state index in [2.05, 4.69) is 15.3 Å². The highest BCUT2D eigenvalue weighted by Gasteiger charge is 2.24. The summed E-state index contributed by atoms with van der Waals surface area (Å²) in [7, 11) is 0. The topological polar surface area (TPSA) is 58.1 Å². The van der Waals surface area contributed by atoms with Crippen LogP contribution in [0.1, 0.15) is 32.4 Å². The summed E-state index contributed by atoms with van der Waals surface area (Å²) in [6, 6.07) is -0.479. The van der Waals surface area contributed by atoms with Gasteiger partial charge in [0, 0.05) is 13.1 Å². The highest BCUT2D eigenvalue weighted by atomic mass is 19.1. The summed E-state index contributed by atoms with van der Waals surface area (Å²) < 4.78 is 14.0. The van der Waals surface area contributed by atoms with Crippen LogP contribution < -0.4 is 5.32 Å². The fraction of sp³-hybridized carbons (Fsp3) is 0.615. The Kier molecular flexibility index (Phi) is 4.29. The second-order valence-electron chi connectivity index (χ2n) is 4.73. The second-order valence-corrected chi connectivity index (χ2v) is 4.73. The van der Waals surface area contributed by atoms with Crippen LogP contribution in [-0.2, 0) is 11.2 Å². The number of rotatable bonds is 4. The lowest BCUT2D eigenvalue weighted by atomic mass is 10.2. The molecule has 1 aromatic heterocycles. The molecule has 0 radical (unpaired) electrons. The number of aromatic nitrogens is 2. The molecule has 0 aromatic carbocycles. The molecular formula is C13H19FN4O. The third-order valence-electron chi connectivity index (χ3n) is 3.34. The van der Waals surface area contributed by atoms with Crippen LogP contribution in [0.15, 0.2) is 6.33 Å². The van der Waals surface area contributed by atoms with E-state index in [1.807, 2.05) is 6.92 Å². The molecule has 1 aliphatic rings.